The first-order valence-corrected chi connectivity index (χ1v) is 9.32. The van der Waals surface area contributed by atoms with Crippen molar-refractivity contribution in [1.29, 1.82) is 0 Å². The number of carbonyl (C=O) groups is 3. The monoisotopic (exact) mass is 415 g/mol. The predicted octanol–water partition coefficient (Wildman–Crippen LogP) is 3.68. The van der Waals surface area contributed by atoms with Crippen molar-refractivity contribution >= 4 is 29.3 Å². The van der Waals surface area contributed by atoms with Gasteiger partial charge < -0.3 is 15.2 Å². The van der Waals surface area contributed by atoms with Crippen molar-refractivity contribution in [3.63, 3.8) is 0 Å². The molecule has 0 aliphatic rings. The lowest BCUT2D eigenvalue weighted by Gasteiger charge is -2.21. The lowest BCUT2D eigenvalue weighted by Crippen LogP contribution is -2.37. The van der Waals surface area contributed by atoms with E-state index in [2.05, 4.69) is 5.32 Å². The Balaban J connectivity index is 1.79. The van der Waals surface area contributed by atoms with E-state index in [1.165, 1.54) is 26.0 Å². The minimum atomic E-state index is -1.31. The molecule has 0 unspecified atom stereocenters. The van der Waals surface area contributed by atoms with Crippen LogP contribution >= 0.6 is 11.6 Å². The molecule has 0 saturated heterocycles. The fourth-order valence-electron chi connectivity index (χ4n) is 2.31. The lowest BCUT2D eigenvalue weighted by atomic mass is 10.1. The van der Waals surface area contributed by atoms with E-state index in [-0.39, 0.29) is 11.7 Å². The van der Waals surface area contributed by atoms with Crippen molar-refractivity contribution in [2.24, 2.45) is 0 Å². The summed E-state index contributed by atoms with van der Waals surface area (Å²) in [4.78, 5) is 34.9. The van der Waals surface area contributed by atoms with Crippen LogP contribution in [0.5, 0.6) is 5.75 Å². The molecule has 0 saturated carbocycles. The van der Waals surface area contributed by atoms with E-state index in [9.17, 15) is 14.4 Å². The molecule has 0 bridgehead atoms. The average molecular weight is 416 g/mol. The number of benzene rings is 2. The summed E-state index contributed by atoms with van der Waals surface area (Å²) >= 11 is 5.78. The second-order valence-electron chi connectivity index (χ2n) is 6.81. The van der Waals surface area contributed by atoms with E-state index in [1.54, 1.807) is 48.5 Å². The zero-order valence-corrected chi connectivity index (χ0v) is 16.9. The number of nitrogens with one attached hydrogen (secondary N) is 1. The molecule has 0 atom stereocenters. The second kappa shape index (κ2) is 9.89. The van der Waals surface area contributed by atoms with Crippen LogP contribution in [0.4, 0.5) is 0 Å². The van der Waals surface area contributed by atoms with Gasteiger partial charge in [-0.05, 0) is 68.3 Å². The van der Waals surface area contributed by atoms with Gasteiger partial charge >= 0.3 is 5.97 Å². The van der Waals surface area contributed by atoms with Crippen molar-refractivity contribution in [2.45, 2.75) is 25.9 Å². The van der Waals surface area contributed by atoms with Crippen LogP contribution in [0.3, 0.4) is 0 Å². The number of aliphatic carboxylic acids is 1. The normalized spacial score (nSPS) is 11.3. The number of hydrogen-bond acceptors (Lipinski definition) is 4. The summed E-state index contributed by atoms with van der Waals surface area (Å²) in [5.74, 6) is -1.24. The Kier molecular flexibility index (Phi) is 7.56. The zero-order chi connectivity index (χ0) is 21.4. The molecule has 0 spiro atoms. The number of ether oxygens (including phenoxy) is 1. The molecule has 0 aliphatic heterocycles. The van der Waals surface area contributed by atoms with Gasteiger partial charge in [-0.15, -0.1) is 0 Å². The number of carbonyl (C=O) groups excluding carboxylic acids is 2. The van der Waals surface area contributed by atoms with Gasteiger partial charge in [-0.25, -0.2) is 4.79 Å². The van der Waals surface area contributed by atoms with Gasteiger partial charge in [0.05, 0.1) is 0 Å². The number of rotatable bonds is 9. The maximum Gasteiger partial charge on any atom is 0.347 e. The lowest BCUT2D eigenvalue weighted by molar-refractivity contribution is -0.152. The number of amides is 1. The highest BCUT2D eigenvalue weighted by molar-refractivity contribution is 6.30. The number of halogens is 1. The summed E-state index contributed by atoms with van der Waals surface area (Å²) < 4.78 is 5.44. The standard InChI is InChI=1S/C22H22ClNO5/c1-22(2,21(27)28)29-18-9-3-15(4-10-18)13-14-24-20(26)12-11-19(25)16-5-7-17(23)8-6-16/h3-12H,13-14H2,1-2H3,(H,24,26)(H,27,28). The SMILES string of the molecule is CC(C)(Oc1ccc(CCNC(=O)C=CC(=O)c2ccc(Cl)cc2)cc1)C(=O)O. The molecule has 2 aromatic rings. The van der Waals surface area contributed by atoms with E-state index in [4.69, 9.17) is 21.4 Å². The van der Waals surface area contributed by atoms with Crippen LogP contribution in [0.1, 0.15) is 29.8 Å². The van der Waals surface area contributed by atoms with Crippen LogP contribution in [0.15, 0.2) is 60.7 Å². The summed E-state index contributed by atoms with van der Waals surface area (Å²) in [5.41, 5.74) is 0.0875. The molecule has 7 heteroatoms. The first-order chi connectivity index (χ1) is 13.7. The molecule has 0 heterocycles. The van der Waals surface area contributed by atoms with Crippen LogP contribution in [0.25, 0.3) is 0 Å². The second-order valence-corrected chi connectivity index (χ2v) is 7.24. The van der Waals surface area contributed by atoms with Gasteiger partial charge in [-0.2, -0.15) is 0 Å². The van der Waals surface area contributed by atoms with Crippen LogP contribution < -0.4 is 10.1 Å². The van der Waals surface area contributed by atoms with Crippen molar-refractivity contribution in [1.82, 2.24) is 5.32 Å². The summed E-state index contributed by atoms with van der Waals surface area (Å²) in [5, 5.41) is 12.3. The molecule has 2 N–H and O–H groups in total. The van der Waals surface area contributed by atoms with Crippen LogP contribution in [-0.4, -0.2) is 34.9 Å². The molecular weight excluding hydrogens is 394 g/mol. The molecule has 0 aromatic heterocycles. The largest absolute Gasteiger partial charge is 0.478 e. The summed E-state index contributed by atoms with van der Waals surface area (Å²) in [6.07, 6.45) is 2.99. The molecule has 2 rings (SSSR count). The average Bonchev–Trinajstić information content (AvgIpc) is 2.67. The third-order valence-corrected chi connectivity index (χ3v) is 4.29. The smallest absolute Gasteiger partial charge is 0.347 e. The summed E-state index contributed by atoms with van der Waals surface area (Å²) in [6.45, 7) is 3.34. The highest BCUT2D eigenvalue weighted by Crippen LogP contribution is 2.19. The molecule has 1 amide bonds. The maximum atomic E-state index is 12.0. The van der Waals surface area contributed by atoms with E-state index in [1.807, 2.05) is 0 Å². The Labute approximate surface area is 174 Å². The van der Waals surface area contributed by atoms with E-state index < -0.39 is 11.6 Å². The number of allylic oxidation sites excluding steroid dienone is 1. The summed E-state index contributed by atoms with van der Waals surface area (Å²) in [7, 11) is 0. The van der Waals surface area contributed by atoms with Crippen molar-refractivity contribution in [2.75, 3.05) is 6.54 Å². The van der Waals surface area contributed by atoms with Crippen molar-refractivity contribution in [3.8, 4) is 5.75 Å². The molecular formula is C22H22ClNO5. The molecule has 0 fully saturated rings. The van der Waals surface area contributed by atoms with Crippen molar-refractivity contribution < 1.29 is 24.2 Å². The van der Waals surface area contributed by atoms with Crippen molar-refractivity contribution in [3.05, 3.63) is 76.8 Å². The fraction of sp³-hybridized carbons (Fsp3) is 0.227. The number of ketones is 1. The topological polar surface area (TPSA) is 92.7 Å². The van der Waals surface area contributed by atoms with E-state index >= 15 is 0 Å². The number of carboxylic acid groups (broad SMARTS) is 1. The third-order valence-electron chi connectivity index (χ3n) is 4.04. The molecule has 0 radical (unpaired) electrons. The fourth-order valence-corrected chi connectivity index (χ4v) is 2.44. The first-order valence-electron chi connectivity index (χ1n) is 8.94. The van der Waals surface area contributed by atoms with Gasteiger partial charge in [0.1, 0.15) is 5.75 Å². The van der Waals surface area contributed by atoms with Gasteiger partial charge in [0, 0.05) is 23.2 Å². The molecule has 2 aromatic carbocycles. The highest BCUT2D eigenvalue weighted by Gasteiger charge is 2.29. The predicted molar refractivity (Wildman–Crippen MR) is 110 cm³/mol. The molecule has 152 valence electrons. The number of carboxylic acids is 1. The minimum Gasteiger partial charge on any atom is -0.478 e. The minimum absolute atomic E-state index is 0.281. The third kappa shape index (κ3) is 7.08. The Morgan fingerprint density at radius 1 is 1.03 bits per heavy atom. The van der Waals surface area contributed by atoms with Crippen LogP contribution in [0, 0.1) is 0 Å². The van der Waals surface area contributed by atoms with Gasteiger partial charge in [0.25, 0.3) is 0 Å². The molecule has 6 nitrogen and oxygen atoms in total. The Bertz CT molecular complexity index is 902. The van der Waals surface area contributed by atoms with Crippen LogP contribution in [-0.2, 0) is 16.0 Å². The number of hydrogen-bond donors (Lipinski definition) is 2. The van der Waals surface area contributed by atoms with E-state index in [0.29, 0.717) is 29.3 Å². The van der Waals surface area contributed by atoms with Gasteiger partial charge in [-0.1, -0.05) is 23.7 Å². The Morgan fingerprint density at radius 3 is 2.24 bits per heavy atom. The molecule has 0 aliphatic carbocycles. The highest BCUT2D eigenvalue weighted by atomic mass is 35.5. The van der Waals surface area contributed by atoms with Gasteiger partial charge in [0.2, 0.25) is 5.91 Å². The Morgan fingerprint density at radius 2 is 1.66 bits per heavy atom. The Hall–Kier alpha value is -3.12. The van der Waals surface area contributed by atoms with Gasteiger partial charge in [0.15, 0.2) is 11.4 Å². The summed E-state index contributed by atoms with van der Waals surface area (Å²) in [6, 6.07) is 13.4. The molecule has 29 heavy (non-hydrogen) atoms. The quantitative estimate of drug-likeness (QED) is 0.481. The van der Waals surface area contributed by atoms with E-state index in [0.717, 1.165) is 5.56 Å². The van der Waals surface area contributed by atoms with Crippen LogP contribution in [0.2, 0.25) is 5.02 Å². The zero-order valence-electron chi connectivity index (χ0n) is 16.1. The maximum absolute atomic E-state index is 12.0. The first kappa shape index (κ1) is 22.2. The van der Waals surface area contributed by atoms with Gasteiger partial charge in [-0.3, -0.25) is 9.59 Å².